The number of aryl methyl sites for hydroxylation is 2. The van der Waals surface area contributed by atoms with Crippen molar-refractivity contribution in [3.63, 3.8) is 0 Å². The summed E-state index contributed by atoms with van der Waals surface area (Å²) in [4.78, 5) is 12.3. The Morgan fingerprint density at radius 2 is 1.30 bits per heavy atom. The van der Waals surface area contributed by atoms with Crippen LogP contribution in [0, 0.1) is 0 Å². The van der Waals surface area contributed by atoms with Crippen molar-refractivity contribution in [3.05, 3.63) is 82.9 Å². The van der Waals surface area contributed by atoms with Crippen LogP contribution < -0.4 is 0 Å². The fourth-order valence-corrected chi connectivity index (χ4v) is 4.94. The van der Waals surface area contributed by atoms with Gasteiger partial charge in [0.1, 0.15) is 0 Å². The molecule has 2 nitrogen and oxygen atoms in total. The van der Waals surface area contributed by atoms with Gasteiger partial charge in [0.15, 0.2) is 0 Å². The molecule has 0 saturated heterocycles. The van der Waals surface area contributed by atoms with Crippen LogP contribution in [0.3, 0.4) is 0 Å². The van der Waals surface area contributed by atoms with Crippen LogP contribution in [0.2, 0.25) is 5.02 Å². The highest BCUT2D eigenvalue weighted by Gasteiger charge is 2.12. The molecule has 0 aliphatic carbocycles. The number of ether oxygens (including phenoxy) is 1. The zero-order chi connectivity index (χ0) is 26.5. The molecule has 37 heavy (non-hydrogen) atoms. The van der Waals surface area contributed by atoms with Crippen LogP contribution in [-0.4, -0.2) is 12.1 Å². The predicted octanol–water partition coefficient (Wildman–Crippen LogP) is 10.2. The number of hydrogen-bond donors (Lipinski definition) is 0. The van der Waals surface area contributed by atoms with Crippen molar-refractivity contribution < 1.29 is 9.53 Å². The average molecular weight is 519 g/mol. The van der Waals surface area contributed by atoms with E-state index in [1.807, 2.05) is 19.1 Å². The van der Waals surface area contributed by atoms with Crippen LogP contribution in [0.5, 0.6) is 0 Å². The first-order valence-electron chi connectivity index (χ1n) is 14.2. The molecule has 0 aliphatic rings. The summed E-state index contributed by atoms with van der Waals surface area (Å²) in [5.41, 5.74) is 7.05. The fraction of sp³-hybridized carbons (Fsp3) is 0.441. The van der Waals surface area contributed by atoms with Gasteiger partial charge in [-0.05, 0) is 78.5 Å². The number of carbonyl (C=O) groups is 1. The number of benzene rings is 3. The second-order valence-corrected chi connectivity index (χ2v) is 10.6. The minimum atomic E-state index is -0.146. The monoisotopic (exact) mass is 518 g/mol. The lowest BCUT2D eigenvalue weighted by Crippen LogP contribution is -2.15. The van der Waals surface area contributed by atoms with E-state index in [1.165, 1.54) is 55.2 Å². The second kappa shape index (κ2) is 15.6. The average Bonchev–Trinajstić information content (AvgIpc) is 2.91. The van der Waals surface area contributed by atoms with Crippen molar-refractivity contribution in [2.24, 2.45) is 0 Å². The zero-order valence-corrected chi connectivity index (χ0v) is 23.7. The van der Waals surface area contributed by atoms with Crippen molar-refractivity contribution in [3.8, 4) is 22.3 Å². The normalized spacial score (nSPS) is 11.9. The molecule has 0 spiro atoms. The van der Waals surface area contributed by atoms with Crippen molar-refractivity contribution in [2.45, 2.75) is 97.5 Å². The maximum Gasteiger partial charge on any atom is 0.306 e. The summed E-state index contributed by atoms with van der Waals surface area (Å²) in [6.07, 6.45) is 11.6. The lowest BCUT2D eigenvalue weighted by Gasteiger charge is -2.13. The van der Waals surface area contributed by atoms with Gasteiger partial charge in [0.05, 0.1) is 6.10 Å². The Morgan fingerprint density at radius 1 is 0.730 bits per heavy atom. The Kier molecular flexibility index (Phi) is 12.2. The molecule has 3 rings (SSSR count). The fourth-order valence-electron chi connectivity index (χ4n) is 4.67. The van der Waals surface area contributed by atoms with Crippen LogP contribution in [-0.2, 0) is 22.4 Å². The van der Waals surface area contributed by atoms with Crippen molar-refractivity contribution in [1.29, 1.82) is 0 Å². The summed E-state index contributed by atoms with van der Waals surface area (Å²) < 4.78 is 5.58. The molecule has 0 heterocycles. The molecule has 0 aliphatic heterocycles. The van der Waals surface area contributed by atoms with E-state index in [0.29, 0.717) is 17.9 Å². The molecule has 3 heteroatoms. The molecular weight excluding hydrogens is 476 g/mol. The molecule has 1 atom stereocenters. The summed E-state index contributed by atoms with van der Waals surface area (Å²) in [5.74, 6) is -0.146. The van der Waals surface area contributed by atoms with Gasteiger partial charge in [0, 0.05) is 11.4 Å². The molecule has 0 saturated carbocycles. The molecule has 0 amide bonds. The molecule has 0 bridgehead atoms. The van der Waals surface area contributed by atoms with Gasteiger partial charge < -0.3 is 4.74 Å². The maximum absolute atomic E-state index is 12.3. The van der Waals surface area contributed by atoms with Crippen LogP contribution in [0.15, 0.2) is 66.7 Å². The summed E-state index contributed by atoms with van der Waals surface area (Å²) in [6, 6.07) is 23.7. The van der Waals surface area contributed by atoms with E-state index in [2.05, 4.69) is 68.4 Å². The number of hydrogen-bond acceptors (Lipinski definition) is 2. The van der Waals surface area contributed by atoms with E-state index >= 15 is 0 Å². The van der Waals surface area contributed by atoms with Gasteiger partial charge in [-0.15, -0.1) is 0 Å². The van der Waals surface area contributed by atoms with Gasteiger partial charge in [-0.2, -0.15) is 0 Å². The molecule has 3 aromatic rings. The minimum absolute atomic E-state index is 0.0195. The third kappa shape index (κ3) is 9.67. The van der Waals surface area contributed by atoms with Crippen molar-refractivity contribution >= 4 is 17.6 Å². The highest BCUT2D eigenvalue weighted by molar-refractivity contribution is 6.31. The maximum atomic E-state index is 12.3. The van der Waals surface area contributed by atoms with Crippen LogP contribution in [0.25, 0.3) is 22.3 Å². The first-order valence-corrected chi connectivity index (χ1v) is 14.6. The van der Waals surface area contributed by atoms with E-state index in [9.17, 15) is 4.79 Å². The van der Waals surface area contributed by atoms with Gasteiger partial charge in [-0.25, -0.2) is 0 Å². The van der Waals surface area contributed by atoms with Gasteiger partial charge in [0.2, 0.25) is 0 Å². The topological polar surface area (TPSA) is 26.3 Å². The SMILES string of the molecule is CCCCCCC(C)OC(=O)CCc1ccc(-c2ccc(-c3ccc(CCCCC)cc3)cc2)cc1Cl. The summed E-state index contributed by atoms with van der Waals surface area (Å²) >= 11 is 6.60. The first kappa shape index (κ1) is 29.0. The molecular formula is C34H43ClO2. The van der Waals surface area contributed by atoms with E-state index < -0.39 is 0 Å². The Hall–Kier alpha value is -2.58. The highest BCUT2D eigenvalue weighted by Crippen LogP contribution is 2.29. The smallest absolute Gasteiger partial charge is 0.306 e. The van der Waals surface area contributed by atoms with E-state index in [1.54, 1.807) is 0 Å². The molecule has 0 N–H and O–H groups in total. The quantitative estimate of drug-likeness (QED) is 0.148. The molecule has 0 fully saturated rings. The molecule has 0 radical (unpaired) electrons. The van der Waals surface area contributed by atoms with Gasteiger partial charge in [-0.3, -0.25) is 4.79 Å². The van der Waals surface area contributed by atoms with Crippen molar-refractivity contribution in [2.75, 3.05) is 0 Å². The summed E-state index contributed by atoms with van der Waals surface area (Å²) in [6.45, 7) is 6.43. The van der Waals surface area contributed by atoms with Crippen LogP contribution in [0.4, 0.5) is 0 Å². The third-order valence-corrected chi connectivity index (χ3v) is 7.37. The molecule has 0 aromatic heterocycles. The van der Waals surface area contributed by atoms with Gasteiger partial charge >= 0.3 is 5.97 Å². The highest BCUT2D eigenvalue weighted by atomic mass is 35.5. The Bertz CT molecular complexity index is 1090. The number of halogens is 1. The lowest BCUT2D eigenvalue weighted by molar-refractivity contribution is -0.148. The summed E-state index contributed by atoms with van der Waals surface area (Å²) in [5, 5.41) is 0.695. The molecule has 198 valence electrons. The third-order valence-electron chi connectivity index (χ3n) is 7.02. The van der Waals surface area contributed by atoms with E-state index in [4.69, 9.17) is 16.3 Å². The van der Waals surface area contributed by atoms with Gasteiger partial charge in [0.25, 0.3) is 0 Å². The Labute approximate surface area is 229 Å². The number of esters is 1. The number of rotatable bonds is 15. The molecule has 3 aromatic carbocycles. The van der Waals surface area contributed by atoms with Gasteiger partial charge in [-0.1, -0.05) is 118 Å². The first-order chi connectivity index (χ1) is 18.0. The number of unbranched alkanes of at least 4 members (excludes halogenated alkanes) is 5. The van der Waals surface area contributed by atoms with E-state index in [-0.39, 0.29) is 12.1 Å². The Balaban J connectivity index is 1.52. The van der Waals surface area contributed by atoms with E-state index in [0.717, 1.165) is 36.0 Å². The zero-order valence-electron chi connectivity index (χ0n) is 22.9. The predicted molar refractivity (Wildman–Crippen MR) is 158 cm³/mol. The number of carbonyl (C=O) groups excluding carboxylic acids is 1. The Morgan fingerprint density at radius 3 is 1.92 bits per heavy atom. The van der Waals surface area contributed by atoms with Crippen molar-refractivity contribution in [1.82, 2.24) is 0 Å². The molecule has 1 unspecified atom stereocenters. The second-order valence-electron chi connectivity index (χ2n) is 10.2. The summed E-state index contributed by atoms with van der Waals surface area (Å²) in [7, 11) is 0. The lowest BCUT2D eigenvalue weighted by atomic mass is 9.97. The van der Waals surface area contributed by atoms with Crippen LogP contribution >= 0.6 is 11.6 Å². The largest absolute Gasteiger partial charge is 0.463 e. The minimum Gasteiger partial charge on any atom is -0.463 e. The standard InChI is InChI=1S/C34H43ClO2/c1-4-6-8-10-11-26(3)37-34(36)24-23-31-21-22-32(25-33(31)35)30-19-17-29(18-20-30)28-15-13-27(14-16-28)12-9-7-5-2/h13-22,25-26H,4-12,23-24H2,1-3H3. The van der Waals surface area contributed by atoms with Crippen LogP contribution in [0.1, 0.15) is 89.7 Å².